The van der Waals surface area contributed by atoms with Gasteiger partial charge >= 0.3 is 5.97 Å². The van der Waals surface area contributed by atoms with Crippen molar-refractivity contribution in [2.45, 2.75) is 26.2 Å². The predicted molar refractivity (Wildman–Crippen MR) is 76.7 cm³/mol. The highest BCUT2D eigenvalue weighted by atomic mass is 35.5. The minimum Gasteiger partial charge on any atom is -0.481 e. The molecule has 0 spiro atoms. The van der Waals surface area contributed by atoms with E-state index in [1.165, 1.54) is 0 Å². The van der Waals surface area contributed by atoms with Crippen LogP contribution in [0.2, 0.25) is 5.02 Å². The SMILES string of the molecule is C[C@]1(C(=O)O)CCN(C(=O)CCc2cccc(Cl)c2)C1. The van der Waals surface area contributed by atoms with E-state index >= 15 is 0 Å². The first kappa shape index (κ1) is 14.9. The number of halogens is 1. The molecule has 1 heterocycles. The van der Waals surface area contributed by atoms with Gasteiger partial charge in [0.15, 0.2) is 0 Å². The number of carboxylic acids is 1. The Morgan fingerprint density at radius 3 is 2.80 bits per heavy atom. The average Bonchev–Trinajstić information content (AvgIpc) is 2.80. The Morgan fingerprint density at radius 1 is 1.45 bits per heavy atom. The smallest absolute Gasteiger partial charge is 0.311 e. The molecule has 0 unspecified atom stereocenters. The number of hydrogen-bond donors (Lipinski definition) is 1. The van der Waals surface area contributed by atoms with Crippen LogP contribution in [0.1, 0.15) is 25.3 Å². The lowest BCUT2D eigenvalue weighted by molar-refractivity contribution is -0.147. The first-order chi connectivity index (χ1) is 9.40. The summed E-state index contributed by atoms with van der Waals surface area (Å²) in [6, 6.07) is 7.44. The second-order valence-corrected chi connectivity index (χ2v) is 6.00. The molecule has 0 aromatic heterocycles. The number of rotatable bonds is 4. The number of aliphatic carboxylic acids is 1. The Hall–Kier alpha value is -1.55. The predicted octanol–water partition coefficient (Wildman–Crippen LogP) is 2.60. The van der Waals surface area contributed by atoms with Gasteiger partial charge in [-0.05, 0) is 37.5 Å². The van der Waals surface area contributed by atoms with Gasteiger partial charge < -0.3 is 10.0 Å². The van der Waals surface area contributed by atoms with Crippen LogP contribution in [0.3, 0.4) is 0 Å². The second kappa shape index (κ2) is 5.83. The lowest BCUT2D eigenvalue weighted by Gasteiger charge is -2.20. The summed E-state index contributed by atoms with van der Waals surface area (Å²) in [4.78, 5) is 24.9. The van der Waals surface area contributed by atoms with E-state index in [1.807, 2.05) is 18.2 Å². The molecule has 2 rings (SSSR count). The number of benzene rings is 1. The number of likely N-dealkylation sites (tertiary alicyclic amines) is 1. The van der Waals surface area contributed by atoms with Gasteiger partial charge in [0.1, 0.15) is 0 Å². The molecule has 1 aliphatic rings. The number of carbonyl (C=O) groups excluding carboxylic acids is 1. The van der Waals surface area contributed by atoms with E-state index in [-0.39, 0.29) is 5.91 Å². The highest BCUT2D eigenvalue weighted by Gasteiger charge is 2.41. The molecule has 4 nitrogen and oxygen atoms in total. The number of carboxylic acid groups (broad SMARTS) is 1. The first-order valence-corrected chi connectivity index (χ1v) is 7.04. The summed E-state index contributed by atoms with van der Waals surface area (Å²) in [6.07, 6.45) is 1.53. The third kappa shape index (κ3) is 3.31. The van der Waals surface area contributed by atoms with Gasteiger partial charge in [-0.2, -0.15) is 0 Å². The summed E-state index contributed by atoms with van der Waals surface area (Å²) >= 11 is 5.90. The molecule has 0 aliphatic carbocycles. The molecular weight excluding hydrogens is 278 g/mol. The van der Waals surface area contributed by atoms with Crippen molar-refractivity contribution >= 4 is 23.5 Å². The summed E-state index contributed by atoms with van der Waals surface area (Å²) in [5.41, 5.74) is 0.220. The monoisotopic (exact) mass is 295 g/mol. The molecule has 108 valence electrons. The average molecular weight is 296 g/mol. The molecular formula is C15H18ClNO3. The van der Waals surface area contributed by atoms with Gasteiger partial charge in [0.2, 0.25) is 5.91 Å². The maximum absolute atomic E-state index is 12.1. The fourth-order valence-corrected chi connectivity index (χ4v) is 2.66. The van der Waals surface area contributed by atoms with Crippen molar-refractivity contribution in [2.75, 3.05) is 13.1 Å². The fraction of sp³-hybridized carbons (Fsp3) is 0.467. The third-order valence-corrected chi connectivity index (χ3v) is 4.09. The Balaban J connectivity index is 1.89. The zero-order valence-electron chi connectivity index (χ0n) is 11.4. The van der Waals surface area contributed by atoms with Crippen LogP contribution in [-0.4, -0.2) is 35.0 Å². The topological polar surface area (TPSA) is 57.6 Å². The highest BCUT2D eigenvalue weighted by molar-refractivity contribution is 6.30. The van der Waals surface area contributed by atoms with Crippen molar-refractivity contribution in [3.63, 3.8) is 0 Å². The van der Waals surface area contributed by atoms with Gasteiger partial charge in [-0.3, -0.25) is 9.59 Å². The Labute approximate surface area is 123 Å². The first-order valence-electron chi connectivity index (χ1n) is 6.66. The van der Waals surface area contributed by atoms with Gasteiger partial charge in [-0.25, -0.2) is 0 Å². The van der Waals surface area contributed by atoms with Crippen LogP contribution in [0, 0.1) is 5.41 Å². The van der Waals surface area contributed by atoms with E-state index in [1.54, 1.807) is 17.9 Å². The van der Waals surface area contributed by atoms with E-state index in [4.69, 9.17) is 16.7 Å². The minimum atomic E-state index is -0.831. The summed E-state index contributed by atoms with van der Waals surface area (Å²) in [7, 11) is 0. The normalized spacial score (nSPS) is 22.0. The summed E-state index contributed by atoms with van der Waals surface area (Å²) in [6.45, 7) is 2.52. The summed E-state index contributed by atoms with van der Waals surface area (Å²) < 4.78 is 0. The number of hydrogen-bond acceptors (Lipinski definition) is 2. The maximum Gasteiger partial charge on any atom is 0.311 e. The Kier molecular flexibility index (Phi) is 4.33. The van der Waals surface area contributed by atoms with Crippen molar-refractivity contribution in [2.24, 2.45) is 5.41 Å². The van der Waals surface area contributed by atoms with Gasteiger partial charge in [0.25, 0.3) is 0 Å². The number of amides is 1. The van der Waals surface area contributed by atoms with Crippen molar-refractivity contribution in [1.82, 2.24) is 4.90 Å². The lowest BCUT2D eigenvalue weighted by Crippen LogP contribution is -2.34. The standard InChI is InChI=1S/C15H18ClNO3/c1-15(14(19)20)7-8-17(10-15)13(18)6-5-11-3-2-4-12(16)9-11/h2-4,9H,5-8,10H2,1H3,(H,19,20)/t15-/m0/s1. The van der Waals surface area contributed by atoms with Crippen molar-refractivity contribution in [3.8, 4) is 0 Å². The highest BCUT2D eigenvalue weighted by Crippen LogP contribution is 2.30. The third-order valence-electron chi connectivity index (χ3n) is 3.86. The van der Waals surface area contributed by atoms with Crippen LogP contribution >= 0.6 is 11.6 Å². The quantitative estimate of drug-likeness (QED) is 0.929. The van der Waals surface area contributed by atoms with Crippen LogP contribution in [0.15, 0.2) is 24.3 Å². The zero-order valence-corrected chi connectivity index (χ0v) is 12.2. The van der Waals surface area contributed by atoms with Gasteiger partial charge in [-0.1, -0.05) is 23.7 Å². The van der Waals surface area contributed by atoms with Crippen LogP contribution in [-0.2, 0) is 16.0 Å². The molecule has 0 radical (unpaired) electrons. The van der Waals surface area contributed by atoms with E-state index in [0.717, 1.165) is 5.56 Å². The molecule has 1 amide bonds. The number of nitrogens with zero attached hydrogens (tertiary/aromatic N) is 1. The van der Waals surface area contributed by atoms with E-state index in [2.05, 4.69) is 0 Å². The molecule has 1 atom stereocenters. The Bertz CT molecular complexity index is 532. The van der Waals surface area contributed by atoms with Gasteiger partial charge in [0.05, 0.1) is 5.41 Å². The summed E-state index contributed by atoms with van der Waals surface area (Å²) in [5, 5.41) is 9.82. The minimum absolute atomic E-state index is 0.00921. The molecule has 0 saturated carbocycles. The Morgan fingerprint density at radius 2 is 2.20 bits per heavy atom. The molecule has 1 aromatic carbocycles. The van der Waals surface area contributed by atoms with E-state index in [9.17, 15) is 9.59 Å². The molecule has 1 aliphatic heterocycles. The van der Waals surface area contributed by atoms with Crippen LogP contribution in [0.4, 0.5) is 0 Å². The number of aryl methyl sites for hydroxylation is 1. The molecule has 1 N–H and O–H groups in total. The van der Waals surface area contributed by atoms with Crippen LogP contribution in [0.5, 0.6) is 0 Å². The second-order valence-electron chi connectivity index (χ2n) is 5.56. The van der Waals surface area contributed by atoms with Crippen molar-refractivity contribution < 1.29 is 14.7 Å². The zero-order chi connectivity index (χ0) is 14.8. The van der Waals surface area contributed by atoms with Gasteiger partial charge in [0, 0.05) is 24.5 Å². The molecule has 1 aromatic rings. The molecule has 0 bridgehead atoms. The molecule has 20 heavy (non-hydrogen) atoms. The number of carbonyl (C=O) groups is 2. The molecule has 1 saturated heterocycles. The lowest BCUT2D eigenvalue weighted by atomic mass is 9.90. The van der Waals surface area contributed by atoms with Crippen molar-refractivity contribution in [3.05, 3.63) is 34.9 Å². The molecule has 5 heteroatoms. The maximum atomic E-state index is 12.1. The van der Waals surface area contributed by atoms with Crippen LogP contribution < -0.4 is 0 Å². The van der Waals surface area contributed by atoms with Crippen LogP contribution in [0.25, 0.3) is 0 Å². The van der Waals surface area contributed by atoms with E-state index in [0.29, 0.717) is 37.4 Å². The van der Waals surface area contributed by atoms with E-state index < -0.39 is 11.4 Å². The van der Waals surface area contributed by atoms with Crippen molar-refractivity contribution in [1.29, 1.82) is 0 Å². The fourth-order valence-electron chi connectivity index (χ4n) is 2.45. The summed E-state index contributed by atoms with van der Waals surface area (Å²) in [5.74, 6) is -0.822. The largest absolute Gasteiger partial charge is 0.481 e. The molecule has 1 fully saturated rings. The van der Waals surface area contributed by atoms with Gasteiger partial charge in [-0.15, -0.1) is 0 Å².